The van der Waals surface area contributed by atoms with E-state index in [1.54, 1.807) is 12.1 Å². The Balaban J connectivity index is 2.04. The van der Waals surface area contributed by atoms with E-state index in [9.17, 15) is 24.3 Å². The van der Waals surface area contributed by atoms with Crippen LogP contribution in [0.1, 0.15) is 15.9 Å². The Morgan fingerprint density at radius 2 is 1.57 bits per heavy atom. The average Bonchev–Trinajstić information content (AvgIpc) is 2.74. The highest BCUT2D eigenvalue weighted by molar-refractivity contribution is 6.02. The van der Waals surface area contributed by atoms with Gasteiger partial charge < -0.3 is 25.4 Å². The van der Waals surface area contributed by atoms with E-state index in [-0.39, 0.29) is 17.1 Å². The Bertz CT molecular complexity index is 930. The summed E-state index contributed by atoms with van der Waals surface area (Å²) in [4.78, 5) is 46.4. The maximum atomic E-state index is 12.2. The molecule has 1 atom stereocenters. The standard InChI is InChI=1S/C19H19N3O8/c20-9-11-5-7-12(8-6-11)17(25)21-22-18(26)16(19(27)28)30-14-4-2-1-3-13(14)29-10-15(23)24/h1-8,16H,9-10,20H2,(H,21,25)(H,22,26)(H,23,24)(H,27,28). The van der Waals surface area contributed by atoms with Crippen LogP contribution in [0.2, 0.25) is 0 Å². The van der Waals surface area contributed by atoms with Gasteiger partial charge in [-0.1, -0.05) is 24.3 Å². The van der Waals surface area contributed by atoms with Gasteiger partial charge in [0.25, 0.3) is 17.9 Å². The molecule has 0 fully saturated rings. The summed E-state index contributed by atoms with van der Waals surface area (Å²) in [7, 11) is 0. The predicted octanol–water partition coefficient (Wildman–Crippen LogP) is -0.0981. The van der Waals surface area contributed by atoms with Gasteiger partial charge in [0, 0.05) is 12.1 Å². The van der Waals surface area contributed by atoms with Crippen LogP contribution in [0.15, 0.2) is 48.5 Å². The minimum atomic E-state index is -2.04. The lowest BCUT2D eigenvalue weighted by Gasteiger charge is -2.17. The third-order valence-corrected chi connectivity index (χ3v) is 3.66. The fraction of sp³-hybridized carbons (Fsp3) is 0.158. The summed E-state index contributed by atoms with van der Waals surface area (Å²) < 4.78 is 10.2. The van der Waals surface area contributed by atoms with Gasteiger partial charge in [0.2, 0.25) is 0 Å². The fourth-order valence-corrected chi connectivity index (χ4v) is 2.20. The lowest BCUT2D eigenvalue weighted by atomic mass is 10.1. The number of ether oxygens (including phenoxy) is 2. The van der Waals surface area contributed by atoms with E-state index in [1.807, 2.05) is 5.43 Å². The summed E-state index contributed by atoms with van der Waals surface area (Å²) in [6.07, 6.45) is -2.04. The molecule has 6 N–H and O–H groups in total. The molecule has 0 saturated carbocycles. The number of carbonyl (C=O) groups excluding carboxylic acids is 2. The number of nitrogens with one attached hydrogen (secondary N) is 2. The molecule has 2 aromatic rings. The SMILES string of the molecule is NCc1ccc(C(=O)NNC(=O)C(Oc2ccccc2OCC(=O)O)C(=O)O)cc1. The lowest BCUT2D eigenvalue weighted by Crippen LogP contribution is -2.50. The zero-order valence-electron chi connectivity index (χ0n) is 15.5. The van der Waals surface area contributed by atoms with Crippen LogP contribution in [0.3, 0.4) is 0 Å². The monoisotopic (exact) mass is 417 g/mol. The molecule has 0 aliphatic carbocycles. The van der Waals surface area contributed by atoms with Gasteiger partial charge in [0.05, 0.1) is 0 Å². The van der Waals surface area contributed by atoms with E-state index >= 15 is 0 Å². The number of hydrogen-bond acceptors (Lipinski definition) is 7. The van der Waals surface area contributed by atoms with Gasteiger partial charge in [-0.15, -0.1) is 0 Å². The van der Waals surface area contributed by atoms with Gasteiger partial charge in [-0.3, -0.25) is 20.4 Å². The number of amides is 2. The molecule has 0 radical (unpaired) electrons. The quantitative estimate of drug-likeness (QED) is 0.275. The second-order valence-electron chi connectivity index (χ2n) is 5.81. The fourth-order valence-electron chi connectivity index (χ4n) is 2.20. The second kappa shape index (κ2) is 10.4. The van der Waals surface area contributed by atoms with E-state index in [0.29, 0.717) is 6.54 Å². The highest BCUT2D eigenvalue weighted by atomic mass is 16.6. The third-order valence-electron chi connectivity index (χ3n) is 3.66. The third kappa shape index (κ3) is 6.21. The van der Waals surface area contributed by atoms with Crippen molar-refractivity contribution in [2.45, 2.75) is 12.6 Å². The lowest BCUT2D eigenvalue weighted by molar-refractivity contribution is -0.151. The van der Waals surface area contributed by atoms with Crippen molar-refractivity contribution >= 4 is 23.8 Å². The Morgan fingerprint density at radius 3 is 2.13 bits per heavy atom. The Kier molecular flexibility index (Phi) is 7.71. The molecular formula is C19H19N3O8. The minimum absolute atomic E-state index is 0.0667. The number of carbonyl (C=O) groups is 4. The molecule has 11 heteroatoms. The van der Waals surface area contributed by atoms with E-state index < -0.39 is 36.5 Å². The first-order chi connectivity index (χ1) is 14.3. The molecule has 1 unspecified atom stereocenters. The summed E-state index contributed by atoms with van der Waals surface area (Å²) in [6, 6.07) is 11.9. The number of hydrazine groups is 1. The maximum Gasteiger partial charge on any atom is 0.355 e. The smallest absolute Gasteiger partial charge is 0.355 e. The number of nitrogens with two attached hydrogens (primary N) is 1. The van der Waals surface area contributed by atoms with Gasteiger partial charge >= 0.3 is 11.9 Å². The zero-order chi connectivity index (χ0) is 22.1. The highest BCUT2D eigenvalue weighted by Crippen LogP contribution is 2.27. The zero-order valence-corrected chi connectivity index (χ0v) is 15.5. The van der Waals surface area contributed by atoms with E-state index in [0.717, 1.165) is 5.56 Å². The topological polar surface area (TPSA) is 177 Å². The number of aliphatic carboxylic acids is 2. The number of para-hydroxylation sites is 2. The average molecular weight is 417 g/mol. The molecule has 158 valence electrons. The van der Waals surface area contributed by atoms with Gasteiger partial charge in [-0.05, 0) is 29.8 Å². The van der Waals surface area contributed by atoms with E-state index in [2.05, 4.69) is 5.43 Å². The molecule has 0 heterocycles. The van der Waals surface area contributed by atoms with Crippen LogP contribution in [0.5, 0.6) is 11.5 Å². The molecule has 2 aromatic carbocycles. The van der Waals surface area contributed by atoms with Crippen LogP contribution in [0.25, 0.3) is 0 Å². The molecule has 0 aliphatic rings. The summed E-state index contributed by atoms with van der Waals surface area (Å²) in [5, 5.41) is 18.0. The van der Waals surface area contributed by atoms with Gasteiger partial charge in [0.1, 0.15) is 0 Å². The number of carboxylic acid groups (broad SMARTS) is 2. The van der Waals surface area contributed by atoms with Crippen molar-refractivity contribution < 1.29 is 38.9 Å². The van der Waals surface area contributed by atoms with Crippen molar-refractivity contribution in [2.24, 2.45) is 5.73 Å². The minimum Gasteiger partial charge on any atom is -0.479 e. The number of carboxylic acids is 2. The van der Waals surface area contributed by atoms with E-state index in [1.165, 1.54) is 36.4 Å². The molecule has 2 rings (SSSR count). The van der Waals surface area contributed by atoms with Crippen LogP contribution in [0.4, 0.5) is 0 Å². The number of benzene rings is 2. The van der Waals surface area contributed by atoms with Crippen molar-refractivity contribution in [2.75, 3.05) is 6.61 Å². The van der Waals surface area contributed by atoms with Crippen LogP contribution < -0.4 is 26.1 Å². The summed E-state index contributed by atoms with van der Waals surface area (Å²) in [5.41, 5.74) is 10.6. The van der Waals surface area contributed by atoms with Crippen molar-refractivity contribution in [3.05, 3.63) is 59.7 Å². The molecular weight excluding hydrogens is 398 g/mol. The summed E-state index contributed by atoms with van der Waals surface area (Å²) >= 11 is 0. The van der Waals surface area contributed by atoms with Crippen molar-refractivity contribution in [3.63, 3.8) is 0 Å². The van der Waals surface area contributed by atoms with Crippen LogP contribution >= 0.6 is 0 Å². The Morgan fingerprint density at radius 1 is 0.933 bits per heavy atom. The van der Waals surface area contributed by atoms with E-state index in [4.69, 9.17) is 20.3 Å². The molecule has 2 amide bonds. The largest absolute Gasteiger partial charge is 0.479 e. The van der Waals surface area contributed by atoms with Crippen LogP contribution in [-0.2, 0) is 20.9 Å². The maximum absolute atomic E-state index is 12.2. The number of hydrogen-bond donors (Lipinski definition) is 5. The molecule has 0 bridgehead atoms. The molecule has 11 nitrogen and oxygen atoms in total. The summed E-state index contributed by atoms with van der Waals surface area (Å²) in [6.45, 7) is -0.392. The molecule has 0 saturated heterocycles. The van der Waals surface area contributed by atoms with Crippen LogP contribution in [-0.4, -0.2) is 46.7 Å². The Hall–Kier alpha value is -4.12. The molecule has 0 aliphatic heterocycles. The van der Waals surface area contributed by atoms with Crippen LogP contribution in [0, 0.1) is 0 Å². The van der Waals surface area contributed by atoms with Crippen molar-refractivity contribution in [3.8, 4) is 11.5 Å². The molecule has 0 spiro atoms. The highest BCUT2D eigenvalue weighted by Gasteiger charge is 2.30. The van der Waals surface area contributed by atoms with Crippen molar-refractivity contribution in [1.82, 2.24) is 10.9 Å². The van der Waals surface area contributed by atoms with Gasteiger partial charge in [-0.2, -0.15) is 0 Å². The first kappa shape index (κ1) is 22.2. The normalized spacial score (nSPS) is 11.1. The van der Waals surface area contributed by atoms with Crippen molar-refractivity contribution in [1.29, 1.82) is 0 Å². The van der Waals surface area contributed by atoms with Gasteiger partial charge in [0.15, 0.2) is 18.1 Å². The first-order valence-corrected chi connectivity index (χ1v) is 8.54. The second-order valence-corrected chi connectivity index (χ2v) is 5.81. The van der Waals surface area contributed by atoms with Gasteiger partial charge in [-0.25, -0.2) is 9.59 Å². The molecule has 0 aromatic heterocycles. The molecule has 30 heavy (non-hydrogen) atoms. The Labute approximate surface area is 170 Å². The summed E-state index contributed by atoms with van der Waals surface area (Å²) in [5.74, 6) is -4.96. The predicted molar refractivity (Wildman–Crippen MR) is 102 cm³/mol. The first-order valence-electron chi connectivity index (χ1n) is 8.54. The number of rotatable bonds is 9.